The van der Waals surface area contributed by atoms with E-state index in [1.807, 2.05) is 13.8 Å². The van der Waals surface area contributed by atoms with Gasteiger partial charge in [0.1, 0.15) is 0 Å². The van der Waals surface area contributed by atoms with Gasteiger partial charge in [0.2, 0.25) is 0 Å². The van der Waals surface area contributed by atoms with Gasteiger partial charge in [0.15, 0.2) is 0 Å². The third kappa shape index (κ3) is 3.44. The van der Waals surface area contributed by atoms with Crippen molar-refractivity contribution in [2.75, 3.05) is 5.32 Å². The zero-order valence-electron chi connectivity index (χ0n) is 11.3. The molecule has 2 rings (SSSR count). The summed E-state index contributed by atoms with van der Waals surface area (Å²) in [6.07, 6.45) is 2.94. The SMILES string of the molecule is CC(C)NC(=O)c1cccc(NC(=O)c2cn[nH]c2)c1. The quantitative estimate of drug-likeness (QED) is 0.793. The molecule has 1 aromatic carbocycles. The van der Waals surface area contributed by atoms with Crippen LogP contribution >= 0.6 is 0 Å². The van der Waals surface area contributed by atoms with Crippen LogP contribution in [0.3, 0.4) is 0 Å². The molecule has 0 aliphatic heterocycles. The lowest BCUT2D eigenvalue weighted by Gasteiger charge is -2.09. The van der Waals surface area contributed by atoms with Gasteiger partial charge in [-0.25, -0.2) is 0 Å². The Hall–Kier alpha value is -2.63. The van der Waals surface area contributed by atoms with Crippen molar-refractivity contribution in [1.82, 2.24) is 15.5 Å². The first-order valence-corrected chi connectivity index (χ1v) is 6.27. The van der Waals surface area contributed by atoms with Gasteiger partial charge in [-0.2, -0.15) is 5.10 Å². The molecule has 1 aromatic heterocycles. The normalized spacial score (nSPS) is 10.3. The van der Waals surface area contributed by atoms with E-state index >= 15 is 0 Å². The topological polar surface area (TPSA) is 86.9 Å². The molecule has 3 N–H and O–H groups in total. The van der Waals surface area contributed by atoms with Crippen LogP contribution in [0.4, 0.5) is 5.69 Å². The molecule has 0 unspecified atom stereocenters. The van der Waals surface area contributed by atoms with E-state index in [2.05, 4.69) is 20.8 Å². The largest absolute Gasteiger partial charge is 0.350 e. The van der Waals surface area contributed by atoms with Gasteiger partial charge in [-0.15, -0.1) is 0 Å². The molecule has 0 saturated carbocycles. The van der Waals surface area contributed by atoms with Crippen LogP contribution in [0.25, 0.3) is 0 Å². The molecule has 0 saturated heterocycles. The zero-order valence-corrected chi connectivity index (χ0v) is 11.3. The highest BCUT2D eigenvalue weighted by Gasteiger charge is 2.10. The number of amides is 2. The second kappa shape index (κ2) is 6.01. The minimum atomic E-state index is -0.278. The molecule has 0 aliphatic carbocycles. The number of hydrogen-bond donors (Lipinski definition) is 3. The van der Waals surface area contributed by atoms with E-state index < -0.39 is 0 Å². The molecule has 6 nitrogen and oxygen atoms in total. The van der Waals surface area contributed by atoms with Crippen LogP contribution in [0.2, 0.25) is 0 Å². The Morgan fingerprint density at radius 1 is 1.20 bits per heavy atom. The average Bonchev–Trinajstić information content (AvgIpc) is 2.92. The van der Waals surface area contributed by atoms with E-state index in [9.17, 15) is 9.59 Å². The molecular weight excluding hydrogens is 256 g/mol. The molecule has 0 aliphatic rings. The van der Waals surface area contributed by atoms with Crippen molar-refractivity contribution in [3.8, 4) is 0 Å². The van der Waals surface area contributed by atoms with E-state index in [0.717, 1.165) is 0 Å². The Bertz CT molecular complexity index is 605. The number of H-pyrrole nitrogens is 1. The third-order valence-electron chi connectivity index (χ3n) is 2.56. The van der Waals surface area contributed by atoms with Gasteiger partial charge in [-0.05, 0) is 32.0 Å². The first kappa shape index (κ1) is 13.8. The molecule has 0 radical (unpaired) electrons. The highest BCUT2D eigenvalue weighted by atomic mass is 16.2. The summed E-state index contributed by atoms with van der Waals surface area (Å²) in [5, 5.41) is 11.8. The van der Waals surface area contributed by atoms with Crippen molar-refractivity contribution in [3.63, 3.8) is 0 Å². The van der Waals surface area contributed by atoms with E-state index in [1.165, 1.54) is 12.4 Å². The Morgan fingerprint density at radius 2 is 2.00 bits per heavy atom. The van der Waals surface area contributed by atoms with Crippen molar-refractivity contribution in [2.45, 2.75) is 19.9 Å². The molecule has 104 valence electrons. The van der Waals surface area contributed by atoms with Gasteiger partial charge in [-0.3, -0.25) is 14.7 Å². The number of aromatic amines is 1. The second-order valence-electron chi connectivity index (χ2n) is 4.65. The van der Waals surface area contributed by atoms with Crippen LogP contribution in [0.15, 0.2) is 36.7 Å². The smallest absolute Gasteiger partial charge is 0.258 e. The molecule has 0 atom stereocenters. The number of benzene rings is 1. The molecular formula is C14H16N4O2. The van der Waals surface area contributed by atoms with E-state index in [0.29, 0.717) is 16.8 Å². The van der Waals surface area contributed by atoms with Gasteiger partial charge < -0.3 is 10.6 Å². The van der Waals surface area contributed by atoms with Crippen LogP contribution in [-0.4, -0.2) is 28.1 Å². The standard InChI is InChI=1S/C14H16N4O2/c1-9(2)17-13(19)10-4-3-5-12(6-10)18-14(20)11-7-15-16-8-11/h3-9H,1-2H3,(H,15,16)(H,17,19)(H,18,20). The number of aromatic nitrogens is 2. The Labute approximate surface area is 116 Å². The number of carbonyl (C=O) groups is 2. The number of nitrogens with zero attached hydrogens (tertiary/aromatic N) is 1. The summed E-state index contributed by atoms with van der Waals surface area (Å²) in [6.45, 7) is 3.78. The first-order valence-electron chi connectivity index (χ1n) is 6.27. The van der Waals surface area contributed by atoms with Crippen LogP contribution in [0.5, 0.6) is 0 Å². The number of carbonyl (C=O) groups excluding carboxylic acids is 2. The molecule has 0 fully saturated rings. The van der Waals surface area contributed by atoms with Crippen LogP contribution in [0, 0.1) is 0 Å². The average molecular weight is 272 g/mol. The highest BCUT2D eigenvalue weighted by Crippen LogP contribution is 2.12. The summed E-state index contributed by atoms with van der Waals surface area (Å²) in [6, 6.07) is 6.84. The van der Waals surface area contributed by atoms with Gasteiger partial charge in [0.05, 0.1) is 11.8 Å². The minimum absolute atomic E-state index is 0.0617. The van der Waals surface area contributed by atoms with Gasteiger partial charge in [0.25, 0.3) is 11.8 Å². The summed E-state index contributed by atoms with van der Waals surface area (Å²) in [4.78, 5) is 23.7. The summed E-state index contributed by atoms with van der Waals surface area (Å²) >= 11 is 0. The lowest BCUT2D eigenvalue weighted by molar-refractivity contribution is 0.0942. The maximum atomic E-state index is 11.9. The Balaban J connectivity index is 2.10. The maximum Gasteiger partial charge on any atom is 0.258 e. The Kier molecular flexibility index (Phi) is 4.14. The van der Waals surface area contributed by atoms with Crippen LogP contribution in [0.1, 0.15) is 34.6 Å². The second-order valence-corrected chi connectivity index (χ2v) is 4.65. The summed E-state index contributed by atoms with van der Waals surface area (Å²) in [5.41, 5.74) is 1.50. The molecule has 6 heteroatoms. The van der Waals surface area contributed by atoms with Crippen molar-refractivity contribution in [2.24, 2.45) is 0 Å². The van der Waals surface area contributed by atoms with Crippen LogP contribution in [-0.2, 0) is 0 Å². The van der Waals surface area contributed by atoms with E-state index in [4.69, 9.17) is 0 Å². The highest BCUT2D eigenvalue weighted by molar-refractivity contribution is 6.04. The van der Waals surface area contributed by atoms with E-state index in [1.54, 1.807) is 24.3 Å². The fraction of sp³-hybridized carbons (Fsp3) is 0.214. The fourth-order valence-corrected chi connectivity index (χ4v) is 1.66. The van der Waals surface area contributed by atoms with Crippen molar-refractivity contribution in [1.29, 1.82) is 0 Å². The Morgan fingerprint density at radius 3 is 2.65 bits per heavy atom. The number of nitrogens with one attached hydrogen (secondary N) is 3. The van der Waals surface area contributed by atoms with E-state index in [-0.39, 0.29) is 17.9 Å². The molecule has 0 bridgehead atoms. The van der Waals surface area contributed by atoms with Crippen molar-refractivity contribution in [3.05, 3.63) is 47.8 Å². The molecule has 1 heterocycles. The number of anilines is 1. The number of rotatable bonds is 4. The van der Waals surface area contributed by atoms with Crippen molar-refractivity contribution >= 4 is 17.5 Å². The lowest BCUT2D eigenvalue weighted by atomic mass is 10.1. The first-order chi connectivity index (χ1) is 9.56. The third-order valence-corrected chi connectivity index (χ3v) is 2.56. The van der Waals surface area contributed by atoms with Crippen LogP contribution < -0.4 is 10.6 Å². The number of hydrogen-bond acceptors (Lipinski definition) is 3. The summed E-state index contributed by atoms with van der Waals surface area (Å²) < 4.78 is 0. The van der Waals surface area contributed by atoms with Gasteiger partial charge in [0, 0.05) is 23.5 Å². The minimum Gasteiger partial charge on any atom is -0.350 e. The molecule has 2 aromatic rings. The molecule has 0 spiro atoms. The monoisotopic (exact) mass is 272 g/mol. The molecule has 2 amide bonds. The van der Waals surface area contributed by atoms with Crippen molar-refractivity contribution < 1.29 is 9.59 Å². The zero-order chi connectivity index (χ0) is 14.5. The maximum absolute atomic E-state index is 11.9. The predicted octanol–water partition coefficient (Wildman–Crippen LogP) is 1.80. The lowest BCUT2D eigenvalue weighted by Crippen LogP contribution is -2.30. The molecule has 20 heavy (non-hydrogen) atoms. The summed E-state index contributed by atoms with van der Waals surface area (Å²) in [7, 11) is 0. The summed E-state index contributed by atoms with van der Waals surface area (Å²) in [5.74, 6) is -0.445. The fourth-order valence-electron chi connectivity index (χ4n) is 1.66. The van der Waals surface area contributed by atoms with Gasteiger partial charge in [-0.1, -0.05) is 6.07 Å². The van der Waals surface area contributed by atoms with Gasteiger partial charge >= 0.3 is 0 Å². The predicted molar refractivity (Wildman–Crippen MR) is 75.6 cm³/mol.